The van der Waals surface area contributed by atoms with E-state index in [0.29, 0.717) is 0 Å². The van der Waals surface area contributed by atoms with Crippen LogP contribution in [-0.2, 0) is 6.42 Å². The summed E-state index contributed by atoms with van der Waals surface area (Å²) in [4.78, 5) is 0. The standard InChI is InChI=1S/C11H7Te/c1-2-8-6-10-4-5-12-11(10)7-9(8)3-1/h1,3-4,6-7H,2H2. The Morgan fingerprint density at radius 1 is 1.33 bits per heavy atom. The summed E-state index contributed by atoms with van der Waals surface area (Å²) in [6, 6.07) is 6.85. The van der Waals surface area contributed by atoms with Crippen LogP contribution < -0.4 is 0 Å². The quantitative estimate of drug-likeness (QED) is 0.642. The summed E-state index contributed by atoms with van der Waals surface area (Å²) in [6.45, 7) is 0. The van der Waals surface area contributed by atoms with Gasteiger partial charge in [0.05, 0.1) is 0 Å². The van der Waals surface area contributed by atoms with Gasteiger partial charge < -0.3 is 0 Å². The zero-order valence-electron chi connectivity index (χ0n) is 6.50. The molecule has 0 spiro atoms. The Bertz CT molecular complexity index is 463. The fraction of sp³-hybridized carbons (Fsp3) is 0.0909. The molecule has 2 aromatic rings. The molecule has 1 aromatic heterocycles. The molecule has 57 valence electrons. The normalized spacial score (nSPS) is 14.0. The van der Waals surface area contributed by atoms with Gasteiger partial charge in [0.15, 0.2) is 0 Å². The van der Waals surface area contributed by atoms with E-state index in [-0.39, 0.29) is 20.4 Å². The molecular weight excluding hydrogens is 260 g/mol. The van der Waals surface area contributed by atoms with Gasteiger partial charge in [-0.1, -0.05) is 0 Å². The van der Waals surface area contributed by atoms with E-state index >= 15 is 0 Å². The SMILES string of the molecule is [c]1cc2cc3c(cc2[te]1)C=CC3. The van der Waals surface area contributed by atoms with E-state index in [0.717, 1.165) is 6.42 Å². The number of fused-ring (bicyclic) bond motifs is 2. The van der Waals surface area contributed by atoms with Gasteiger partial charge in [0.1, 0.15) is 0 Å². The summed E-state index contributed by atoms with van der Waals surface area (Å²) in [6.07, 6.45) is 5.60. The van der Waals surface area contributed by atoms with Crippen LogP contribution in [0.3, 0.4) is 0 Å². The first-order chi connectivity index (χ1) is 5.93. The molecule has 12 heavy (non-hydrogen) atoms. The molecule has 0 atom stereocenters. The van der Waals surface area contributed by atoms with Gasteiger partial charge in [0.2, 0.25) is 0 Å². The van der Waals surface area contributed by atoms with Crippen molar-refractivity contribution in [3.63, 3.8) is 0 Å². The summed E-state index contributed by atoms with van der Waals surface area (Å²) >= 11 is -0.0923. The Labute approximate surface area is 81.1 Å². The number of rotatable bonds is 0. The van der Waals surface area contributed by atoms with E-state index in [9.17, 15) is 0 Å². The van der Waals surface area contributed by atoms with Crippen LogP contribution in [-0.4, -0.2) is 20.4 Å². The number of hydrogen-bond acceptors (Lipinski definition) is 0. The van der Waals surface area contributed by atoms with Gasteiger partial charge in [-0.3, -0.25) is 0 Å². The first-order valence-corrected chi connectivity index (χ1v) is 6.35. The molecule has 0 N–H and O–H groups in total. The molecule has 1 radical (unpaired) electrons. The summed E-state index contributed by atoms with van der Waals surface area (Å²) in [5, 5.41) is 1.43. The topological polar surface area (TPSA) is 0 Å². The van der Waals surface area contributed by atoms with Gasteiger partial charge in [-0.15, -0.1) is 0 Å². The Balaban J connectivity index is 2.43. The number of benzene rings is 1. The zero-order chi connectivity index (χ0) is 7.97. The molecular formula is C11H7Te. The second kappa shape index (κ2) is 2.49. The maximum atomic E-state index is 3.37. The van der Waals surface area contributed by atoms with Crippen LogP contribution in [0.2, 0.25) is 0 Å². The monoisotopic (exact) mass is 269 g/mol. The minimum atomic E-state index is -0.0923. The Hall–Kier alpha value is -0.510. The molecule has 1 aromatic carbocycles. The van der Waals surface area contributed by atoms with Crippen LogP contribution >= 0.6 is 0 Å². The molecule has 3 rings (SSSR count). The van der Waals surface area contributed by atoms with Crippen molar-refractivity contribution in [3.05, 3.63) is 39.5 Å². The average molecular weight is 267 g/mol. The molecule has 0 aliphatic heterocycles. The molecule has 0 unspecified atom stereocenters. The molecule has 1 aliphatic rings. The van der Waals surface area contributed by atoms with Crippen LogP contribution in [0.5, 0.6) is 0 Å². The predicted molar refractivity (Wildman–Crippen MR) is 52.5 cm³/mol. The van der Waals surface area contributed by atoms with Crippen LogP contribution in [0.1, 0.15) is 11.1 Å². The molecule has 1 aliphatic carbocycles. The average Bonchev–Trinajstić information content (AvgIpc) is 2.64. The van der Waals surface area contributed by atoms with E-state index < -0.39 is 0 Å². The van der Waals surface area contributed by atoms with Crippen molar-refractivity contribution in [2.24, 2.45) is 0 Å². The summed E-state index contributed by atoms with van der Waals surface area (Å²) in [5.74, 6) is 0. The molecule has 0 fully saturated rings. The van der Waals surface area contributed by atoms with Crippen molar-refractivity contribution in [1.82, 2.24) is 0 Å². The molecule has 0 amide bonds. The summed E-state index contributed by atoms with van der Waals surface area (Å²) < 4.78 is 4.93. The minimum absolute atomic E-state index is 0.0923. The molecule has 1 heteroatoms. The first kappa shape index (κ1) is 6.95. The summed E-state index contributed by atoms with van der Waals surface area (Å²) in [5.41, 5.74) is 2.93. The van der Waals surface area contributed by atoms with Crippen LogP contribution in [0, 0.1) is 4.08 Å². The Morgan fingerprint density at radius 2 is 2.33 bits per heavy atom. The van der Waals surface area contributed by atoms with Crippen molar-refractivity contribution in [2.75, 3.05) is 0 Å². The molecule has 0 saturated carbocycles. The van der Waals surface area contributed by atoms with Gasteiger partial charge in [0.25, 0.3) is 0 Å². The molecule has 0 nitrogen and oxygen atoms in total. The first-order valence-electron chi connectivity index (χ1n) is 4.02. The van der Waals surface area contributed by atoms with Gasteiger partial charge in [0, 0.05) is 0 Å². The van der Waals surface area contributed by atoms with Gasteiger partial charge in [-0.25, -0.2) is 0 Å². The van der Waals surface area contributed by atoms with Crippen molar-refractivity contribution in [2.45, 2.75) is 6.42 Å². The van der Waals surface area contributed by atoms with Crippen molar-refractivity contribution >= 4 is 35.3 Å². The van der Waals surface area contributed by atoms with Gasteiger partial charge in [-0.2, -0.15) is 0 Å². The van der Waals surface area contributed by atoms with E-state index in [4.69, 9.17) is 0 Å². The molecule has 0 bridgehead atoms. The Morgan fingerprint density at radius 3 is 3.33 bits per heavy atom. The van der Waals surface area contributed by atoms with Gasteiger partial charge >= 0.3 is 81.2 Å². The van der Waals surface area contributed by atoms with E-state index in [2.05, 4.69) is 34.4 Å². The van der Waals surface area contributed by atoms with E-state index in [1.807, 2.05) is 0 Å². The van der Waals surface area contributed by atoms with E-state index in [1.165, 1.54) is 16.5 Å². The zero-order valence-corrected chi connectivity index (χ0v) is 8.83. The van der Waals surface area contributed by atoms with Crippen molar-refractivity contribution in [1.29, 1.82) is 0 Å². The third kappa shape index (κ3) is 0.905. The second-order valence-corrected chi connectivity index (χ2v) is 5.57. The third-order valence-electron chi connectivity index (χ3n) is 2.29. The predicted octanol–water partition coefficient (Wildman–Crippen LogP) is 2.27. The van der Waals surface area contributed by atoms with Crippen LogP contribution in [0.25, 0.3) is 14.9 Å². The maximum absolute atomic E-state index is 3.37. The fourth-order valence-corrected chi connectivity index (χ4v) is 3.76. The summed E-state index contributed by atoms with van der Waals surface area (Å²) in [7, 11) is 0. The Kier molecular flexibility index (Phi) is 1.44. The molecule has 0 saturated heterocycles. The second-order valence-electron chi connectivity index (χ2n) is 3.06. The number of allylic oxidation sites excluding steroid dienone is 1. The fourth-order valence-electron chi connectivity index (χ4n) is 1.66. The third-order valence-corrected chi connectivity index (χ3v) is 4.60. The van der Waals surface area contributed by atoms with Crippen molar-refractivity contribution in [3.8, 4) is 0 Å². The van der Waals surface area contributed by atoms with Crippen LogP contribution in [0.4, 0.5) is 0 Å². The van der Waals surface area contributed by atoms with Crippen LogP contribution in [0.15, 0.2) is 24.3 Å². The molecule has 1 heterocycles. The number of hydrogen-bond donors (Lipinski definition) is 0. The van der Waals surface area contributed by atoms with Gasteiger partial charge in [-0.05, 0) is 0 Å². The van der Waals surface area contributed by atoms with Crippen molar-refractivity contribution < 1.29 is 0 Å². The van der Waals surface area contributed by atoms with E-state index in [1.54, 1.807) is 3.40 Å².